The van der Waals surface area contributed by atoms with E-state index in [4.69, 9.17) is 0 Å². The SMILES string of the molecule is O=C(Nc1ccc(F)cc1F)c1n[nH]c(=O)[nH]c1=O. The van der Waals surface area contributed by atoms with Gasteiger partial charge in [-0.3, -0.25) is 14.6 Å². The van der Waals surface area contributed by atoms with E-state index >= 15 is 0 Å². The van der Waals surface area contributed by atoms with Crippen LogP contribution in [0.1, 0.15) is 10.5 Å². The van der Waals surface area contributed by atoms with Gasteiger partial charge in [0.1, 0.15) is 11.6 Å². The first-order chi connectivity index (χ1) is 8.97. The third-order valence-electron chi connectivity index (χ3n) is 2.11. The van der Waals surface area contributed by atoms with Gasteiger partial charge in [-0.1, -0.05) is 0 Å². The number of nitrogens with one attached hydrogen (secondary N) is 3. The maximum absolute atomic E-state index is 13.3. The lowest BCUT2D eigenvalue weighted by Crippen LogP contribution is -2.32. The van der Waals surface area contributed by atoms with Crippen molar-refractivity contribution in [2.75, 3.05) is 5.32 Å². The number of nitrogens with zero attached hydrogens (tertiary/aromatic N) is 1. The van der Waals surface area contributed by atoms with Crippen LogP contribution >= 0.6 is 0 Å². The maximum atomic E-state index is 13.3. The molecule has 0 fully saturated rings. The summed E-state index contributed by atoms with van der Waals surface area (Å²) < 4.78 is 25.9. The molecule has 0 radical (unpaired) electrons. The van der Waals surface area contributed by atoms with E-state index in [9.17, 15) is 23.2 Å². The molecule has 3 N–H and O–H groups in total. The van der Waals surface area contributed by atoms with Crippen molar-refractivity contribution in [2.45, 2.75) is 0 Å². The van der Waals surface area contributed by atoms with Crippen LogP contribution in [0.3, 0.4) is 0 Å². The highest BCUT2D eigenvalue weighted by atomic mass is 19.1. The summed E-state index contributed by atoms with van der Waals surface area (Å²) in [6, 6.07) is 2.49. The summed E-state index contributed by atoms with van der Waals surface area (Å²) in [4.78, 5) is 35.4. The first kappa shape index (κ1) is 12.6. The quantitative estimate of drug-likeness (QED) is 0.711. The lowest BCUT2D eigenvalue weighted by molar-refractivity contribution is 0.101. The third kappa shape index (κ3) is 2.70. The minimum atomic E-state index is -1.04. The molecule has 19 heavy (non-hydrogen) atoms. The van der Waals surface area contributed by atoms with Crippen LogP contribution in [0.25, 0.3) is 0 Å². The van der Waals surface area contributed by atoms with Gasteiger partial charge in [0.05, 0.1) is 5.69 Å². The summed E-state index contributed by atoms with van der Waals surface area (Å²) in [5.41, 5.74) is -2.87. The van der Waals surface area contributed by atoms with E-state index in [1.165, 1.54) is 0 Å². The zero-order chi connectivity index (χ0) is 14.0. The molecule has 0 saturated carbocycles. The smallest absolute Gasteiger partial charge is 0.318 e. The molecule has 0 atom stereocenters. The molecule has 2 rings (SSSR count). The molecule has 0 aliphatic carbocycles. The normalized spacial score (nSPS) is 10.2. The Morgan fingerprint density at radius 1 is 1.26 bits per heavy atom. The predicted molar refractivity (Wildman–Crippen MR) is 59.8 cm³/mol. The average Bonchev–Trinajstić information content (AvgIpc) is 2.32. The van der Waals surface area contributed by atoms with Crippen molar-refractivity contribution in [2.24, 2.45) is 0 Å². The molecular formula is C10H6F2N4O3. The lowest BCUT2D eigenvalue weighted by atomic mass is 10.3. The Labute approximate surface area is 103 Å². The molecule has 0 saturated heterocycles. The van der Waals surface area contributed by atoms with Gasteiger partial charge in [-0.05, 0) is 12.1 Å². The molecule has 0 aliphatic heterocycles. The van der Waals surface area contributed by atoms with Gasteiger partial charge in [0.15, 0.2) is 0 Å². The van der Waals surface area contributed by atoms with Crippen LogP contribution in [0.15, 0.2) is 27.8 Å². The number of H-pyrrole nitrogens is 2. The van der Waals surface area contributed by atoms with E-state index in [1.54, 1.807) is 4.98 Å². The van der Waals surface area contributed by atoms with Crippen molar-refractivity contribution in [1.29, 1.82) is 0 Å². The lowest BCUT2D eigenvalue weighted by Gasteiger charge is -2.04. The molecule has 2 aromatic rings. The maximum Gasteiger partial charge on any atom is 0.342 e. The molecule has 1 heterocycles. The number of halogens is 2. The number of aromatic amines is 2. The molecule has 7 nitrogen and oxygen atoms in total. The van der Waals surface area contributed by atoms with Crippen LogP contribution < -0.4 is 16.6 Å². The molecule has 1 aromatic carbocycles. The number of benzene rings is 1. The van der Waals surface area contributed by atoms with Crippen LogP contribution in [0.2, 0.25) is 0 Å². The fraction of sp³-hybridized carbons (Fsp3) is 0. The zero-order valence-electron chi connectivity index (χ0n) is 9.16. The molecule has 0 spiro atoms. The minimum Gasteiger partial charge on any atom is -0.318 e. The molecule has 0 bridgehead atoms. The Balaban J connectivity index is 2.31. The van der Waals surface area contributed by atoms with Crippen molar-refractivity contribution in [3.63, 3.8) is 0 Å². The molecule has 1 aromatic heterocycles. The zero-order valence-corrected chi connectivity index (χ0v) is 9.16. The summed E-state index contributed by atoms with van der Waals surface area (Å²) >= 11 is 0. The highest BCUT2D eigenvalue weighted by Crippen LogP contribution is 2.15. The fourth-order valence-corrected chi connectivity index (χ4v) is 1.27. The second kappa shape index (κ2) is 4.80. The topological polar surface area (TPSA) is 108 Å². The summed E-state index contributed by atoms with van der Waals surface area (Å²) in [7, 11) is 0. The van der Waals surface area contributed by atoms with E-state index in [1.807, 2.05) is 10.4 Å². The highest BCUT2D eigenvalue weighted by Gasteiger charge is 2.15. The largest absolute Gasteiger partial charge is 0.342 e. The molecule has 1 amide bonds. The van der Waals surface area contributed by atoms with Crippen LogP contribution in [0.5, 0.6) is 0 Å². The molecule has 9 heteroatoms. The number of aromatic nitrogens is 3. The second-order valence-electron chi connectivity index (χ2n) is 3.43. The predicted octanol–water partition coefficient (Wildman–Crippen LogP) is -0.0113. The van der Waals surface area contributed by atoms with E-state index in [-0.39, 0.29) is 5.69 Å². The monoisotopic (exact) mass is 268 g/mol. The molecule has 0 unspecified atom stereocenters. The van der Waals surface area contributed by atoms with Crippen molar-refractivity contribution in [3.05, 3.63) is 56.4 Å². The van der Waals surface area contributed by atoms with Crippen molar-refractivity contribution >= 4 is 11.6 Å². The van der Waals surface area contributed by atoms with Gasteiger partial charge in [-0.2, -0.15) is 5.10 Å². The van der Waals surface area contributed by atoms with E-state index < -0.39 is 34.5 Å². The summed E-state index contributed by atoms with van der Waals surface area (Å²) in [6.07, 6.45) is 0. The Morgan fingerprint density at radius 2 is 2.00 bits per heavy atom. The average molecular weight is 268 g/mol. The van der Waals surface area contributed by atoms with E-state index in [2.05, 4.69) is 5.10 Å². The Kier molecular flexibility index (Phi) is 3.19. The number of carbonyl (C=O) groups excluding carboxylic acids is 1. The van der Waals surface area contributed by atoms with E-state index in [0.29, 0.717) is 6.07 Å². The molecule has 98 valence electrons. The van der Waals surface area contributed by atoms with E-state index in [0.717, 1.165) is 12.1 Å². The highest BCUT2D eigenvalue weighted by molar-refractivity contribution is 6.02. The fourth-order valence-electron chi connectivity index (χ4n) is 1.27. The second-order valence-corrected chi connectivity index (χ2v) is 3.43. The van der Waals surface area contributed by atoms with Crippen LogP contribution in [0, 0.1) is 11.6 Å². The van der Waals surface area contributed by atoms with Gasteiger partial charge >= 0.3 is 5.69 Å². The van der Waals surface area contributed by atoms with Crippen molar-refractivity contribution in [1.82, 2.24) is 15.2 Å². The van der Waals surface area contributed by atoms with Gasteiger partial charge in [0.2, 0.25) is 5.69 Å². The first-order valence-corrected chi connectivity index (χ1v) is 4.93. The minimum absolute atomic E-state index is 0.321. The van der Waals surface area contributed by atoms with Crippen molar-refractivity contribution < 1.29 is 13.6 Å². The number of anilines is 1. The molecule has 0 aliphatic rings. The van der Waals surface area contributed by atoms with Crippen molar-refractivity contribution in [3.8, 4) is 0 Å². The van der Waals surface area contributed by atoms with Gasteiger partial charge < -0.3 is 5.32 Å². The first-order valence-electron chi connectivity index (χ1n) is 4.93. The number of hydrogen-bond acceptors (Lipinski definition) is 4. The van der Waals surface area contributed by atoms with Gasteiger partial charge in [-0.15, -0.1) is 0 Å². The summed E-state index contributed by atoms with van der Waals surface area (Å²) in [5, 5.41) is 7.12. The Morgan fingerprint density at radius 3 is 2.63 bits per heavy atom. The van der Waals surface area contributed by atoms with Gasteiger partial charge in [0, 0.05) is 6.07 Å². The number of amides is 1. The Bertz CT molecular complexity index is 753. The van der Waals surface area contributed by atoms with Crippen LogP contribution in [-0.4, -0.2) is 21.1 Å². The standard InChI is InChI=1S/C10H6F2N4O3/c11-4-1-2-6(5(12)3-4)13-8(17)7-9(18)14-10(19)16-15-7/h1-3H,(H,13,17)(H2,14,16,18,19). The Hall–Kier alpha value is -2.84. The third-order valence-corrected chi connectivity index (χ3v) is 2.11. The van der Waals surface area contributed by atoms with Crippen LogP contribution in [0.4, 0.5) is 14.5 Å². The van der Waals surface area contributed by atoms with Gasteiger partial charge in [0.25, 0.3) is 11.5 Å². The molecular weight excluding hydrogens is 262 g/mol. The summed E-state index contributed by atoms with van der Waals surface area (Å²) in [6.45, 7) is 0. The van der Waals surface area contributed by atoms with Gasteiger partial charge in [-0.25, -0.2) is 18.7 Å². The number of hydrogen-bond donors (Lipinski definition) is 3. The van der Waals surface area contributed by atoms with Crippen LogP contribution in [-0.2, 0) is 0 Å². The summed E-state index contributed by atoms with van der Waals surface area (Å²) in [5.74, 6) is -2.85. The number of carbonyl (C=O) groups is 1. The number of rotatable bonds is 2.